The molecule has 0 aromatic heterocycles. The monoisotopic (exact) mass is 463 g/mol. The first-order valence-electron chi connectivity index (χ1n) is 9.65. The molecule has 1 aliphatic carbocycles. The standard InChI is InChI=1S/C21H26BrN3O4/c1-3-28-18-10-14(9-16(22)20(18)29-12-19(24)26)8-15(11-23)21(27)25-17-7-5-4-6-13(17)2/h8-10,13,17H,3-7,12H2,1-2H3,(H2,24,26)(H,25,27)/b15-8+/t13-,17+/m1/s1. The summed E-state index contributed by atoms with van der Waals surface area (Å²) in [6.07, 6.45) is 5.77. The zero-order chi connectivity index (χ0) is 21.4. The second-order valence-electron chi connectivity index (χ2n) is 7.03. The van der Waals surface area contributed by atoms with Gasteiger partial charge in [-0.05, 0) is 65.4 Å². The zero-order valence-corrected chi connectivity index (χ0v) is 18.3. The van der Waals surface area contributed by atoms with E-state index in [2.05, 4.69) is 28.2 Å². The number of ether oxygens (including phenoxy) is 2. The van der Waals surface area contributed by atoms with Gasteiger partial charge in [-0.1, -0.05) is 19.8 Å². The molecule has 7 nitrogen and oxygen atoms in total. The molecule has 1 aliphatic rings. The van der Waals surface area contributed by atoms with Crippen molar-refractivity contribution >= 4 is 33.8 Å². The minimum Gasteiger partial charge on any atom is -0.490 e. The van der Waals surface area contributed by atoms with Gasteiger partial charge in [0.2, 0.25) is 0 Å². The second-order valence-corrected chi connectivity index (χ2v) is 7.88. The van der Waals surface area contributed by atoms with Crippen molar-refractivity contribution in [3.8, 4) is 17.6 Å². The van der Waals surface area contributed by atoms with Crippen molar-refractivity contribution < 1.29 is 19.1 Å². The Morgan fingerprint density at radius 3 is 2.69 bits per heavy atom. The topological polar surface area (TPSA) is 114 Å². The Morgan fingerprint density at radius 2 is 2.07 bits per heavy atom. The zero-order valence-electron chi connectivity index (χ0n) is 16.7. The van der Waals surface area contributed by atoms with E-state index in [4.69, 9.17) is 15.2 Å². The maximum atomic E-state index is 12.6. The SMILES string of the molecule is CCOc1cc(/C=C(\C#N)C(=O)N[C@H]2CCCC[C@H]2C)cc(Br)c1OCC(N)=O. The van der Waals surface area contributed by atoms with E-state index in [9.17, 15) is 14.9 Å². The number of halogens is 1. The molecule has 1 fully saturated rings. The summed E-state index contributed by atoms with van der Waals surface area (Å²) in [5, 5.41) is 12.5. The lowest BCUT2D eigenvalue weighted by Crippen LogP contribution is -2.41. The van der Waals surface area contributed by atoms with Crippen molar-refractivity contribution in [1.82, 2.24) is 5.32 Å². The number of nitrogens with two attached hydrogens (primary N) is 1. The summed E-state index contributed by atoms with van der Waals surface area (Å²) in [6, 6.07) is 5.41. The fourth-order valence-electron chi connectivity index (χ4n) is 3.31. The van der Waals surface area contributed by atoms with Crippen LogP contribution in [0.1, 0.15) is 45.1 Å². The van der Waals surface area contributed by atoms with E-state index >= 15 is 0 Å². The van der Waals surface area contributed by atoms with E-state index < -0.39 is 5.91 Å². The Morgan fingerprint density at radius 1 is 1.34 bits per heavy atom. The van der Waals surface area contributed by atoms with Gasteiger partial charge in [0.1, 0.15) is 11.6 Å². The van der Waals surface area contributed by atoms with Crippen LogP contribution in [0.4, 0.5) is 0 Å². The molecule has 2 amide bonds. The Labute approximate surface area is 179 Å². The normalized spacial score (nSPS) is 19.2. The van der Waals surface area contributed by atoms with Gasteiger partial charge in [0.05, 0.1) is 11.1 Å². The summed E-state index contributed by atoms with van der Waals surface area (Å²) in [7, 11) is 0. The third kappa shape index (κ3) is 6.50. The van der Waals surface area contributed by atoms with Gasteiger partial charge in [-0.25, -0.2) is 0 Å². The first kappa shape index (κ1) is 22.8. The molecule has 2 rings (SSSR count). The number of nitriles is 1. The number of benzene rings is 1. The predicted octanol–water partition coefficient (Wildman–Crippen LogP) is 3.31. The molecule has 0 bridgehead atoms. The van der Waals surface area contributed by atoms with Crippen molar-refractivity contribution in [3.63, 3.8) is 0 Å². The minimum absolute atomic E-state index is 0.0166. The average molecular weight is 464 g/mol. The number of nitrogens with zero attached hydrogens (tertiary/aromatic N) is 1. The highest BCUT2D eigenvalue weighted by molar-refractivity contribution is 9.10. The van der Waals surface area contributed by atoms with Gasteiger partial charge in [-0.3, -0.25) is 9.59 Å². The molecule has 0 saturated heterocycles. The second kappa shape index (κ2) is 10.9. The highest BCUT2D eigenvalue weighted by atomic mass is 79.9. The summed E-state index contributed by atoms with van der Waals surface area (Å²) in [5.41, 5.74) is 5.75. The predicted molar refractivity (Wildman–Crippen MR) is 113 cm³/mol. The van der Waals surface area contributed by atoms with Gasteiger partial charge < -0.3 is 20.5 Å². The lowest BCUT2D eigenvalue weighted by Gasteiger charge is -2.29. The summed E-state index contributed by atoms with van der Waals surface area (Å²) in [6.45, 7) is 4.01. The molecular formula is C21H26BrN3O4. The van der Waals surface area contributed by atoms with Crippen LogP contribution in [0, 0.1) is 17.2 Å². The van der Waals surface area contributed by atoms with Crippen LogP contribution in [-0.4, -0.2) is 31.1 Å². The van der Waals surface area contributed by atoms with Crippen LogP contribution >= 0.6 is 15.9 Å². The third-order valence-electron chi connectivity index (χ3n) is 4.79. The molecule has 0 radical (unpaired) electrons. The molecule has 0 aliphatic heterocycles. The van der Waals surface area contributed by atoms with Gasteiger partial charge in [0.25, 0.3) is 11.8 Å². The van der Waals surface area contributed by atoms with E-state index in [1.54, 1.807) is 12.1 Å². The molecule has 0 unspecified atom stereocenters. The van der Waals surface area contributed by atoms with Crippen molar-refractivity contribution in [1.29, 1.82) is 5.26 Å². The van der Waals surface area contributed by atoms with Crippen molar-refractivity contribution in [2.24, 2.45) is 11.7 Å². The van der Waals surface area contributed by atoms with Crippen LogP contribution in [-0.2, 0) is 9.59 Å². The molecule has 3 N–H and O–H groups in total. The molecule has 1 saturated carbocycles. The van der Waals surface area contributed by atoms with E-state index in [-0.39, 0.29) is 24.1 Å². The van der Waals surface area contributed by atoms with E-state index in [0.29, 0.717) is 34.1 Å². The van der Waals surface area contributed by atoms with Crippen LogP contribution in [0.25, 0.3) is 6.08 Å². The van der Waals surface area contributed by atoms with E-state index in [0.717, 1.165) is 19.3 Å². The fraction of sp³-hybridized carbons (Fsp3) is 0.476. The summed E-state index contributed by atoms with van der Waals surface area (Å²) < 4.78 is 11.5. The van der Waals surface area contributed by atoms with Crippen LogP contribution < -0.4 is 20.5 Å². The number of rotatable bonds is 8. The Kier molecular flexibility index (Phi) is 8.52. The highest BCUT2D eigenvalue weighted by Crippen LogP contribution is 2.37. The number of hydrogen-bond acceptors (Lipinski definition) is 5. The molecule has 8 heteroatoms. The molecule has 0 spiro atoms. The number of nitrogens with one attached hydrogen (secondary N) is 1. The fourth-order valence-corrected chi connectivity index (χ4v) is 3.88. The molecule has 2 atom stereocenters. The lowest BCUT2D eigenvalue weighted by molar-refractivity contribution is -0.120. The van der Waals surface area contributed by atoms with Gasteiger partial charge >= 0.3 is 0 Å². The van der Waals surface area contributed by atoms with Gasteiger partial charge in [0, 0.05) is 6.04 Å². The van der Waals surface area contributed by atoms with Crippen LogP contribution in [0.15, 0.2) is 22.2 Å². The van der Waals surface area contributed by atoms with Crippen LogP contribution in [0.3, 0.4) is 0 Å². The minimum atomic E-state index is -0.608. The molecule has 1 aromatic carbocycles. The van der Waals surface area contributed by atoms with Crippen molar-refractivity contribution in [3.05, 3.63) is 27.7 Å². The number of hydrogen-bond donors (Lipinski definition) is 2. The first-order chi connectivity index (χ1) is 13.8. The number of primary amides is 1. The van der Waals surface area contributed by atoms with Crippen LogP contribution in [0.5, 0.6) is 11.5 Å². The van der Waals surface area contributed by atoms with Crippen molar-refractivity contribution in [2.75, 3.05) is 13.2 Å². The number of amides is 2. The molecular weight excluding hydrogens is 438 g/mol. The van der Waals surface area contributed by atoms with Gasteiger partial charge in [0.15, 0.2) is 18.1 Å². The highest BCUT2D eigenvalue weighted by Gasteiger charge is 2.24. The Hall–Kier alpha value is -2.53. The summed E-state index contributed by atoms with van der Waals surface area (Å²) in [5.74, 6) is 0.126. The maximum Gasteiger partial charge on any atom is 0.262 e. The molecule has 29 heavy (non-hydrogen) atoms. The lowest BCUT2D eigenvalue weighted by atomic mass is 9.86. The quantitative estimate of drug-likeness (QED) is 0.453. The smallest absolute Gasteiger partial charge is 0.262 e. The Bertz CT molecular complexity index is 832. The molecule has 156 valence electrons. The number of carbonyl (C=O) groups is 2. The van der Waals surface area contributed by atoms with Gasteiger partial charge in [-0.2, -0.15) is 5.26 Å². The van der Waals surface area contributed by atoms with E-state index in [1.807, 2.05) is 13.0 Å². The van der Waals surface area contributed by atoms with Crippen LogP contribution in [0.2, 0.25) is 0 Å². The number of carbonyl (C=O) groups excluding carboxylic acids is 2. The maximum absolute atomic E-state index is 12.6. The summed E-state index contributed by atoms with van der Waals surface area (Å²) in [4.78, 5) is 23.6. The largest absolute Gasteiger partial charge is 0.490 e. The first-order valence-corrected chi connectivity index (χ1v) is 10.4. The van der Waals surface area contributed by atoms with Crippen molar-refractivity contribution in [2.45, 2.75) is 45.6 Å². The van der Waals surface area contributed by atoms with E-state index in [1.165, 1.54) is 12.5 Å². The summed E-state index contributed by atoms with van der Waals surface area (Å²) >= 11 is 3.38. The average Bonchev–Trinajstić information content (AvgIpc) is 2.67. The molecule has 0 heterocycles. The van der Waals surface area contributed by atoms with Gasteiger partial charge in [-0.15, -0.1) is 0 Å². The third-order valence-corrected chi connectivity index (χ3v) is 5.38. The Balaban J connectivity index is 2.26. The molecule has 1 aromatic rings.